The number of nitrogens with zero attached hydrogens (tertiary/aromatic N) is 2. The van der Waals surface area contributed by atoms with Crippen molar-refractivity contribution < 1.29 is 21.6 Å². The van der Waals surface area contributed by atoms with Crippen molar-refractivity contribution in [3.8, 4) is 16.9 Å². The largest absolute Gasteiger partial charge is 0.497 e. The van der Waals surface area contributed by atoms with E-state index in [1.165, 1.54) is 7.11 Å². The number of hydrogen-bond acceptors (Lipinski definition) is 5. The van der Waals surface area contributed by atoms with Crippen LogP contribution >= 0.6 is 0 Å². The van der Waals surface area contributed by atoms with Gasteiger partial charge in [-0.15, -0.1) is 0 Å². The summed E-state index contributed by atoms with van der Waals surface area (Å²) in [5, 5.41) is 0. The van der Waals surface area contributed by atoms with Crippen molar-refractivity contribution in [2.24, 2.45) is 11.8 Å². The van der Waals surface area contributed by atoms with E-state index < -0.39 is 20.0 Å². The average molecular weight is 507 g/mol. The van der Waals surface area contributed by atoms with Gasteiger partial charge < -0.3 is 4.74 Å². The van der Waals surface area contributed by atoms with Crippen LogP contribution in [0.2, 0.25) is 0 Å². The van der Waals surface area contributed by atoms with Crippen LogP contribution in [0.15, 0.2) is 52.3 Å². The predicted octanol–water partition coefficient (Wildman–Crippen LogP) is 4.20. The zero-order valence-corrected chi connectivity index (χ0v) is 21.7. The van der Waals surface area contributed by atoms with Gasteiger partial charge in [0.05, 0.1) is 16.9 Å². The lowest BCUT2D eigenvalue weighted by Crippen LogP contribution is -2.38. The van der Waals surface area contributed by atoms with Gasteiger partial charge in [0, 0.05) is 37.8 Å². The van der Waals surface area contributed by atoms with Crippen molar-refractivity contribution in [1.29, 1.82) is 0 Å². The van der Waals surface area contributed by atoms with E-state index in [2.05, 4.69) is 13.8 Å². The molecule has 0 aliphatic carbocycles. The second kappa shape index (κ2) is 9.97. The van der Waals surface area contributed by atoms with Gasteiger partial charge in [-0.3, -0.25) is 0 Å². The summed E-state index contributed by atoms with van der Waals surface area (Å²) < 4.78 is 61.8. The molecule has 0 unspecified atom stereocenters. The lowest BCUT2D eigenvalue weighted by atomic mass is 10.0. The molecule has 2 heterocycles. The average Bonchev–Trinajstić information content (AvgIpc) is 2.84. The summed E-state index contributed by atoms with van der Waals surface area (Å²) in [5.41, 5.74) is 1.19. The van der Waals surface area contributed by atoms with Crippen molar-refractivity contribution in [3.63, 3.8) is 0 Å². The Bertz CT molecular complexity index is 1210. The molecule has 0 amide bonds. The Kier molecular flexibility index (Phi) is 7.38. The molecule has 0 N–H and O–H groups in total. The first-order chi connectivity index (χ1) is 16.1. The fourth-order valence-electron chi connectivity index (χ4n) is 4.63. The molecule has 0 bridgehead atoms. The van der Waals surface area contributed by atoms with Crippen molar-refractivity contribution in [2.45, 2.75) is 49.3 Å². The van der Waals surface area contributed by atoms with Crippen molar-refractivity contribution >= 4 is 20.0 Å². The first-order valence-electron chi connectivity index (χ1n) is 11.9. The summed E-state index contributed by atoms with van der Waals surface area (Å²) in [4.78, 5) is 0.413. The fraction of sp³-hybridized carbons (Fsp3) is 0.520. The van der Waals surface area contributed by atoms with Crippen LogP contribution in [0.5, 0.6) is 5.75 Å². The van der Waals surface area contributed by atoms with Gasteiger partial charge in [-0.1, -0.05) is 26.0 Å². The molecule has 0 radical (unpaired) electrons. The number of ether oxygens (including phenoxy) is 1. The van der Waals surface area contributed by atoms with Gasteiger partial charge in [-0.2, -0.15) is 8.61 Å². The topological polar surface area (TPSA) is 84.0 Å². The van der Waals surface area contributed by atoms with Gasteiger partial charge in [0.15, 0.2) is 0 Å². The normalized spacial score (nSPS) is 19.9. The number of rotatable bonds is 6. The van der Waals surface area contributed by atoms with Crippen molar-refractivity contribution in [1.82, 2.24) is 8.61 Å². The number of methoxy groups -OCH3 is 1. The molecule has 34 heavy (non-hydrogen) atoms. The van der Waals surface area contributed by atoms with E-state index in [0.717, 1.165) is 25.7 Å². The summed E-state index contributed by atoms with van der Waals surface area (Å²) in [7, 11) is -5.79. The molecule has 4 rings (SSSR count). The van der Waals surface area contributed by atoms with Crippen LogP contribution < -0.4 is 4.74 Å². The van der Waals surface area contributed by atoms with Gasteiger partial charge >= 0.3 is 0 Å². The molecule has 7 nitrogen and oxygen atoms in total. The molecule has 0 aromatic heterocycles. The molecular formula is C25H34N2O5S2. The van der Waals surface area contributed by atoms with Gasteiger partial charge in [0.2, 0.25) is 20.0 Å². The Labute approximate surface area is 203 Å². The van der Waals surface area contributed by atoms with Crippen LogP contribution in [0, 0.1) is 11.8 Å². The molecule has 2 aromatic carbocycles. The zero-order valence-electron chi connectivity index (χ0n) is 20.1. The third kappa shape index (κ3) is 5.03. The third-order valence-electron chi connectivity index (χ3n) is 7.09. The molecule has 0 atom stereocenters. The first kappa shape index (κ1) is 25.2. The Balaban J connectivity index is 1.67. The second-order valence-corrected chi connectivity index (χ2v) is 13.4. The van der Waals surface area contributed by atoms with E-state index in [9.17, 15) is 16.8 Å². The number of piperidine rings is 2. The number of hydrogen-bond donors (Lipinski definition) is 0. The zero-order chi connectivity index (χ0) is 24.5. The fourth-order valence-corrected chi connectivity index (χ4v) is 7.79. The molecule has 2 aromatic rings. The van der Waals surface area contributed by atoms with E-state index in [-0.39, 0.29) is 9.79 Å². The molecule has 2 fully saturated rings. The predicted molar refractivity (Wildman–Crippen MR) is 133 cm³/mol. The Morgan fingerprint density at radius 3 is 1.74 bits per heavy atom. The minimum Gasteiger partial charge on any atom is -0.497 e. The lowest BCUT2D eigenvalue weighted by molar-refractivity contribution is 0.287. The highest BCUT2D eigenvalue weighted by molar-refractivity contribution is 7.89. The van der Waals surface area contributed by atoms with Crippen LogP contribution in [0.3, 0.4) is 0 Å². The molecule has 9 heteroatoms. The first-order valence-corrected chi connectivity index (χ1v) is 14.8. The van der Waals surface area contributed by atoms with Crippen LogP contribution in [0.25, 0.3) is 11.1 Å². The molecule has 2 saturated heterocycles. The van der Waals surface area contributed by atoms with E-state index in [1.807, 2.05) is 0 Å². The van der Waals surface area contributed by atoms with Crippen LogP contribution in [0.4, 0.5) is 0 Å². The van der Waals surface area contributed by atoms with Crippen molar-refractivity contribution in [2.75, 3.05) is 33.3 Å². The maximum Gasteiger partial charge on any atom is 0.243 e. The Hall–Kier alpha value is -1.94. The minimum atomic E-state index is -3.73. The lowest BCUT2D eigenvalue weighted by Gasteiger charge is -2.30. The highest BCUT2D eigenvalue weighted by Crippen LogP contribution is 2.35. The van der Waals surface area contributed by atoms with Gasteiger partial charge in [-0.25, -0.2) is 16.8 Å². The summed E-state index contributed by atoms with van der Waals surface area (Å²) in [6.45, 7) is 6.32. The van der Waals surface area contributed by atoms with E-state index in [0.29, 0.717) is 54.9 Å². The standard InChI is InChI=1S/C25H34N2O5S2/c1-19-10-14-26(15-11-19)33(28,29)23-7-4-21(5-8-23)24-9-6-22(32-3)18-25(24)34(30,31)27-16-12-20(2)13-17-27/h4-9,18-20H,10-17H2,1-3H3. The summed E-state index contributed by atoms with van der Waals surface area (Å²) in [5.74, 6) is 1.51. The molecule has 186 valence electrons. The molecular weight excluding hydrogens is 472 g/mol. The van der Waals surface area contributed by atoms with E-state index in [1.54, 1.807) is 51.1 Å². The highest BCUT2D eigenvalue weighted by atomic mass is 32.2. The van der Waals surface area contributed by atoms with Gasteiger partial charge in [-0.05, 0) is 67.3 Å². The summed E-state index contributed by atoms with van der Waals surface area (Å²) >= 11 is 0. The molecule has 2 aliphatic rings. The highest BCUT2D eigenvalue weighted by Gasteiger charge is 2.31. The number of benzene rings is 2. The van der Waals surface area contributed by atoms with E-state index in [4.69, 9.17) is 4.74 Å². The van der Waals surface area contributed by atoms with Crippen LogP contribution in [0.1, 0.15) is 39.5 Å². The molecule has 2 aliphatic heterocycles. The minimum absolute atomic E-state index is 0.182. The number of sulfonamides is 2. The summed E-state index contributed by atoms with van der Waals surface area (Å²) in [6.07, 6.45) is 3.39. The monoisotopic (exact) mass is 506 g/mol. The maximum absolute atomic E-state index is 13.6. The third-order valence-corrected chi connectivity index (χ3v) is 10.9. The van der Waals surface area contributed by atoms with Gasteiger partial charge in [0.25, 0.3) is 0 Å². The van der Waals surface area contributed by atoms with Gasteiger partial charge in [0.1, 0.15) is 5.75 Å². The quantitative estimate of drug-likeness (QED) is 0.586. The van der Waals surface area contributed by atoms with E-state index >= 15 is 0 Å². The molecule has 0 saturated carbocycles. The van der Waals surface area contributed by atoms with Crippen LogP contribution in [-0.4, -0.2) is 58.7 Å². The van der Waals surface area contributed by atoms with Crippen LogP contribution in [-0.2, 0) is 20.0 Å². The SMILES string of the molecule is COc1ccc(-c2ccc(S(=O)(=O)N3CCC(C)CC3)cc2)c(S(=O)(=O)N2CCC(C)CC2)c1. The van der Waals surface area contributed by atoms with Crippen molar-refractivity contribution in [3.05, 3.63) is 42.5 Å². The Morgan fingerprint density at radius 2 is 1.24 bits per heavy atom. The smallest absolute Gasteiger partial charge is 0.243 e. The Morgan fingerprint density at radius 1 is 0.735 bits per heavy atom. The summed E-state index contributed by atoms with van der Waals surface area (Å²) in [6, 6.07) is 11.6. The molecule has 0 spiro atoms. The second-order valence-electron chi connectivity index (χ2n) is 9.56. The maximum atomic E-state index is 13.6.